The van der Waals surface area contributed by atoms with Crippen LogP contribution in [-0.4, -0.2) is 36.9 Å². The minimum absolute atomic E-state index is 0.335. The van der Waals surface area contributed by atoms with E-state index in [2.05, 4.69) is 26.3 Å². The number of nitrogens with zero attached hydrogens (tertiary/aromatic N) is 1. The molecule has 0 unspecified atom stereocenters. The molecule has 1 fully saturated rings. The van der Waals surface area contributed by atoms with Crippen LogP contribution in [0.4, 0.5) is 33.0 Å². The first-order valence-corrected chi connectivity index (χ1v) is 13.3. The fraction of sp³-hybridized carbons (Fsp3) is 0.161. The van der Waals surface area contributed by atoms with E-state index in [1.54, 1.807) is 48.7 Å². The zero-order valence-corrected chi connectivity index (χ0v) is 23.1. The summed E-state index contributed by atoms with van der Waals surface area (Å²) in [6.07, 6.45) is 2.35. The molecule has 12 heteroatoms. The van der Waals surface area contributed by atoms with Crippen LogP contribution in [0.25, 0.3) is 0 Å². The summed E-state index contributed by atoms with van der Waals surface area (Å²) in [4.78, 5) is 43.3. The van der Waals surface area contributed by atoms with Crippen LogP contribution in [0.15, 0.2) is 72.9 Å². The van der Waals surface area contributed by atoms with Gasteiger partial charge in [-0.05, 0) is 67.4 Å². The Morgan fingerprint density at radius 2 is 1.44 bits per heavy atom. The van der Waals surface area contributed by atoms with E-state index < -0.39 is 29.0 Å². The SMILES string of the molecule is COc1cc2c(cc1OC)C(=O)Nc1c(Oc3ccc(NC(=O)C4(C(=O)Nc5ccc(F)cc5)CC4)cc3)ccnc1N2. The Kier molecular flexibility index (Phi) is 7.02. The number of carbonyl (C=O) groups excluding carboxylic acids is 3. The second-order valence-corrected chi connectivity index (χ2v) is 9.99. The minimum Gasteiger partial charge on any atom is -0.493 e. The lowest BCUT2D eigenvalue weighted by molar-refractivity contribution is -0.131. The molecule has 3 aromatic carbocycles. The van der Waals surface area contributed by atoms with Crippen LogP contribution in [0, 0.1) is 11.2 Å². The number of hydrogen-bond donors (Lipinski definition) is 4. The number of rotatable bonds is 8. The third-order valence-corrected chi connectivity index (χ3v) is 7.23. The summed E-state index contributed by atoms with van der Waals surface area (Å²) in [6, 6.07) is 16.8. The number of ether oxygens (including phenoxy) is 3. The predicted molar refractivity (Wildman–Crippen MR) is 157 cm³/mol. The number of aromatic nitrogens is 1. The number of fused-ring (bicyclic) bond motifs is 2. The van der Waals surface area contributed by atoms with Crippen molar-refractivity contribution in [1.82, 2.24) is 4.98 Å². The number of carbonyl (C=O) groups is 3. The van der Waals surface area contributed by atoms with E-state index in [0.717, 1.165) is 0 Å². The van der Waals surface area contributed by atoms with Gasteiger partial charge in [-0.1, -0.05) is 0 Å². The molecule has 1 aromatic heterocycles. The fourth-order valence-corrected chi connectivity index (χ4v) is 4.67. The first-order chi connectivity index (χ1) is 20.8. The van der Waals surface area contributed by atoms with Crippen LogP contribution in [0.5, 0.6) is 23.0 Å². The van der Waals surface area contributed by atoms with Crippen LogP contribution in [0.3, 0.4) is 0 Å². The molecule has 2 aliphatic rings. The summed E-state index contributed by atoms with van der Waals surface area (Å²) < 4.78 is 30.0. The fourth-order valence-electron chi connectivity index (χ4n) is 4.67. The van der Waals surface area contributed by atoms with Crippen molar-refractivity contribution in [2.75, 3.05) is 35.5 Å². The van der Waals surface area contributed by atoms with E-state index in [0.29, 0.717) is 70.0 Å². The molecule has 0 spiro atoms. The molecule has 1 aliphatic carbocycles. The number of amides is 3. The Balaban J connectivity index is 1.15. The monoisotopic (exact) mass is 583 g/mol. The van der Waals surface area contributed by atoms with E-state index in [1.165, 1.54) is 38.5 Å². The Morgan fingerprint density at radius 1 is 0.837 bits per heavy atom. The molecule has 6 rings (SSSR count). The highest BCUT2D eigenvalue weighted by Crippen LogP contribution is 2.48. The average Bonchev–Trinajstić information content (AvgIpc) is 3.84. The zero-order chi connectivity index (χ0) is 30.1. The lowest BCUT2D eigenvalue weighted by atomic mass is 10.0. The summed E-state index contributed by atoms with van der Waals surface area (Å²) in [5.41, 5.74) is 0.854. The standard InChI is InChI=1S/C31H26FN5O6/c1-41-24-15-21-22(16-25(24)42-2)36-27-26(37-28(21)38)23(11-14-33-27)43-20-9-7-19(8-10-20)35-30(40)31(12-13-31)29(39)34-18-5-3-17(32)4-6-18/h3-11,14-16H,12-13H2,1-2H3,(H,33,36)(H,34,39)(H,35,40)(H,37,38). The van der Waals surface area contributed by atoms with E-state index in [9.17, 15) is 18.8 Å². The van der Waals surface area contributed by atoms with E-state index in [-0.39, 0.29) is 0 Å². The van der Waals surface area contributed by atoms with Crippen molar-refractivity contribution in [1.29, 1.82) is 0 Å². The van der Waals surface area contributed by atoms with Crippen molar-refractivity contribution in [3.8, 4) is 23.0 Å². The minimum atomic E-state index is -1.19. The van der Waals surface area contributed by atoms with Gasteiger partial charge in [-0.3, -0.25) is 14.4 Å². The van der Waals surface area contributed by atoms with Gasteiger partial charge in [0, 0.05) is 29.7 Å². The first kappa shape index (κ1) is 27.5. The van der Waals surface area contributed by atoms with Crippen LogP contribution in [0.2, 0.25) is 0 Å². The molecular weight excluding hydrogens is 557 g/mol. The van der Waals surface area contributed by atoms with Gasteiger partial charge in [-0.15, -0.1) is 0 Å². The Morgan fingerprint density at radius 3 is 2.05 bits per heavy atom. The second kappa shape index (κ2) is 11.0. The molecule has 0 bridgehead atoms. The molecule has 1 saturated carbocycles. The van der Waals surface area contributed by atoms with Gasteiger partial charge in [0.1, 0.15) is 22.7 Å². The maximum Gasteiger partial charge on any atom is 0.258 e. The number of pyridine rings is 1. The third kappa shape index (κ3) is 5.37. The number of hydrogen-bond acceptors (Lipinski definition) is 8. The molecule has 0 radical (unpaired) electrons. The van der Waals surface area contributed by atoms with Crippen LogP contribution >= 0.6 is 0 Å². The predicted octanol–water partition coefficient (Wildman–Crippen LogP) is 5.70. The molecule has 4 aromatic rings. The maximum absolute atomic E-state index is 13.2. The van der Waals surface area contributed by atoms with Crippen molar-refractivity contribution in [2.45, 2.75) is 12.8 Å². The summed E-state index contributed by atoms with van der Waals surface area (Å²) in [7, 11) is 2.99. The molecule has 2 heterocycles. The van der Waals surface area contributed by atoms with Crippen molar-refractivity contribution >= 4 is 46.3 Å². The highest BCUT2D eigenvalue weighted by molar-refractivity contribution is 6.17. The zero-order valence-electron chi connectivity index (χ0n) is 23.1. The molecule has 0 saturated heterocycles. The normalized spacial score (nSPS) is 14.1. The molecule has 0 atom stereocenters. The topological polar surface area (TPSA) is 140 Å². The maximum atomic E-state index is 13.2. The summed E-state index contributed by atoms with van der Waals surface area (Å²) >= 11 is 0. The van der Waals surface area contributed by atoms with E-state index >= 15 is 0 Å². The Hall–Kier alpha value is -5.65. The molecule has 43 heavy (non-hydrogen) atoms. The Bertz CT molecular complexity index is 1740. The average molecular weight is 584 g/mol. The Labute approximate surface area is 245 Å². The van der Waals surface area contributed by atoms with Gasteiger partial charge in [0.15, 0.2) is 23.1 Å². The van der Waals surface area contributed by atoms with Gasteiger partial charge in [0.25, 0.3) is 5.91 Å². The lowest BCUT2D eigenvalue weighted by Gasteiger charge is -2.16. The number of nitrogens with one attached hydrogen (secondary N) is 4. The van der Waals surface area contributed by atoms with Gasteiger partial charge in [0.05, 0.1) is 25.5 Å². The van der Waals surface area contributed by atoms with Crippen molar-refractivity contribution in [3.05, 3.63) is 84.3 Å². The van der Waals surface area contributed by atoms with Crippen molar-refractivity contribution in [2.24, 2.45) is 5.41 Å². The lowest BCUT2D eigenvalue weighted by Crippen LogP contribution is -2.35. The second-order valence-electron chi connectivity index (χ2n) is 9.99. The number of anilines is 5. The quantitative estimate of drug-likeness (QED) is 0.194. The van der Waals surface area contributed by atoms with Gasteiger partial charge in [-0.2, -0.15) is 0 Å². The van der Waals surface area contributed by atoms with Crippen LogP contribution in [0.1, 0.15) is 23.2 Å². The molecule has 4 N–H and O–H groups in total. The number of halogens is 1. The molecular formula is C31H26FN5O6. The molecule has 11 nitrogen and oxygen atoms in total. The molecule has 1 aliphatic heterocycles. The highest BCUT2D eigenvalue weighted by Gasteiger charge is 2.56. The van der Waals surface area contributed by atoms with Crippen LogP contribution in [-0.2, 0) is 9.59 Å². The molecule has 3 amide bonds. The third-order valence-electron chi connectivity index (χ3n) is 7.23. The smallest absolute Gasteiger partial charge is 0.258 e. The number of benzene rings is 3. The van der Waals surface area contributed by atoms with Gasteiger partial charge >= 0.3 is 0 Å². The van der Waals surface area contributed by atoms with Gasteiger partial charge in [-0.25, -0.2) is 9.37 Å². The van der Waals surface area contributed by atoms with Crippen molar-refractivity contribution < 1.29 is 33.0 Å². The summed E-state index contributed by atoms with van der Waals surface area (Å²) in [6.45, 7) is 0. The van der Waals surface area contributed by atoms with Gasteiger partial charge < -0.3 is 35.5 Å². The number of methoxy groups -OCH3 is 2. The largest absolute Gasteiger partial charge is 0.493 e. The highest BCUT2D eigenvalue weighted by atomic mass is 19.1. The summed E-state index contributed by atoms with van der Waals surface area (Å²) in [5.74, 6) is 0.311. The van der Waals surface area contributed by atoms with E-state index in [1.807, 2.05) is 0 Å². The van der Waals surface area contributed by atoms with Crippen molar-refractivity contribution in [3.63, 3.8) is 0 Å². The first-order valence-electron chi connectivity index (χ1n) is 13.3. The summed E-state index contributed by atoms with van der Waals surface area (Å²) in [5, 5.41) is 11.5. The molecule has 218 valence electrons. The van der Waals surface area contributed by atoms with Crippen LogP contribution < -0.4 is 35.5 Å². The van der Waals surface area contributed by atoms with E-state index in [4.69, 9.17) is 14.2 Å². The van der Waals surface area contributed by atoms with Gasteiger partial charge in [0.2, 0.25) is 11.8 Å².